The molecule has 2 rings (SSSR count). The first-order chi connectivity index (χ1) is 8.19. The third-order valence-electron chi connectivity index (χ3n) is 2.96. The van der Waals surface area contributed by atoms with Crippen molar-refractivity contribution in [3.63, 3.8) is 0 Å². The van der Waals surface area contributed by atoms with Crippen LogP contribution >= 0.6 is 0 Å². The Balaban J connectivity index is 1.91. The molecule has 0 bridgehead atoms. The van der Waals surface area contributed by atoms with Crippen LogP contribution in [0.2, 0.25) is 0 Å². The number of hydrogen-bond donors (Lipinski definition) is 1. The highest BCUT2D eigenvalue weighted by molar-refractivity contribution is 5.79. The van der Waals surface area contributed by atoms with Gasteiger partial charge >= 0.3 is 0 Å². The van der Waals surface area contributed by atoms with Gasteiger partial charge in [0.25, 0.3) is 0 Å². The number of nitrogens with two attached hydrogens (primary N) is 1. The normalized spacial score (nSPS) is 19.6. The molecule has 0 radical (unpaired) electrons. The van der Waals surface area contributed by atoms with Crippen LogP contribution in [0.4, 0.5) is 4.39 Å². The standard InChI is InChI=1S/C12H15FN2O2/c13-10-3-1-9(2-4-10)7-12(16)15-6-5-11(8-15)17-14/h1-4,11H,5-8,14H2. The van der Waals surface area contributed by atoms with Gasteiger partial charge in [-0.25, -0.2) is 10.3 Å². The summed E-state index contributed by atoms with van der Waals surface area (Å²) >= 11 is 0. The predicted molar refractivity (Wildman–Crippen MR) is 60.4 cm³/mol. The fourth-order valence-electron chi connectivity index (χ4n) is 1.95. The minimum absolute atomic E-state index is 0.0242. The fraction of sp³-hybridized carbons (Fsp3) is 0.417. The number of amides is 1. The maximum atomic E-state index is 12.7. The van der Waals surface area contributed by atoms with E-state index < -0.39 is 0 Å². The Morgan fingerprint density at radius 2 is 2.18 bits per heavy atom. The molecule has 0 aliphatic carbocycles. The summed E-state index contributed by atoms with van der Waals surface area (Å²) in [5.74, 6) is 4.82. The second-order valence-electron chi connectivity index (χ2n) is 4.19. The second-order valence-corrected chi connectivity index (χ2v) is 4.19. The van der Waals surface area contributed by atoms with E-state index in [0.717, 1.165) is 12.0 Å². The largest absolute Gasteiger partial charge is 0.340 e. The lowest BCUT2D eigenvalue weighted by atomic mass is 10.1. The smallest absolute Gasteiger partial charge is 0.227 e. The maximum Gasteiger partial charge on any atom is 0.227 e. The molecule has 17 heavy (non-hydrogen) atoms. The lowest BCUT2D eigenvalue weighted by Crippen LogP contribution is -2.32. The number of carbonyl (C=O) groups is 1. The Morgan fingerprint density at radius 1 is 1.47 bits per heavy atom. The third kappa shape index (κ3) is 3.01. The van der Waals surface area contributed by atoms with Gasteiger partial charge in [0.15, 0.2) is 0 Å². The van der Waals surface area contributed by atoms with Gasteiger partial charge in [0, 0.05) is 13.1 Å². The molecule has 1 aliphatic rings. The summed E-state index contributed by atoms with van der Waals surface area (Å²) in [6.45, 7) is 1.21. The predicted octanol–water partition coefficient (Wildman–Crippen LogP) is 0.859. The van der Waals surface area contributed by atoms with Gasteiger partial charge < -0.3 is 4.90 Å². The Kier molecular flexibility index (Phi) is 3.71. The molecule has 0 saturated carbocycles. The molecule has 1 aromatic rings. The van der Waals surface area contributed by atoms with Crippen LogP contribution in [0, 0.1) is 5.82 Å². The van der Waals surface area contributed by atoms with E-state index in [1.165, 1.54) is 12.1 Å². The summed E-state index contributed by atoms with van der Waals surface area (Å²) in [4.78, 5) is 18.3. The SMILES string of the molecule is NOC1CCN(C(=O)Cc2ccc(F)cc2)C1. The molecule has 92 valence electrons. The topological polar surface area (TPSA) is 55.6 Å². The monoisotopic (exact) mass is 238 g/mol. The molecule has 1 amide bonds. The molecule has 1 saturated heterocycles. The van der Waals surface area contributed by atoms with E-state index in [9.17, 15) is 9.18 Å². The van der Waals surface area contributed by atoms with Crippen molar-refractivity contribution in [2.24, 2.45) is 5.90 Å². The van der Waals surface area contributed by atoms with Crippen molar-refractivity contribution in [3.8, 4) is 0 Å². The number of nitrogens with zero attached hydrogens (tertiary/aromatic N) is 1. The summed E-state index contributed by atoms with van der Waals surface area (Å²) in [6.07, 6.45) is 0.996. The average molecular weight is 238 g/mol. The van der Waals surface area contributed by atoms with Crippen molar-refractivity contribution in [2.45, 2.75) is 18.9 Å². The average Bonchev–Trinajstić information content (AvgIpc) is 2.81. The van der Waals surface area contributed by atoms with Gasteiger partial charge in [0.1, 0.15) is 5.82 Å². The third-order valence-corrected chi connectivity index (χ3v) is 2.96. The van der Waals surface area contributed by atoms with Crippen LogP contribution in [0.15, 0.2) is 24.3 Å². The van der Waals surface area contributed by atoms with Gasteiger partial charge in [0.2, 0.25) is 5.91 Å². The molecule has 1 atom stereocenters. The van der Waals surface area contributed by atoms with Crippen LogP contribution in [-0.2, 0) is 16.1 Å². The maximum absolute atomic E-state index is 12.7. The number of likely N-dealkylation sites (tertiary alicyclic amines) is 1. The van der Waals surface area contributed by atoms with Gasteiger partial charge in [-0.1, -0.05) is 12.1 Å². The van der Waals surface area contributed by atoms with Gasteiger partial charge in [-0.05, 0) is 24.1 Å². The molecule has 5 heteroatoms. The van der Waals surface area contributed by atoms with Crippen molar-refractivity contribution in [2.75, 3.05) is 13.1 Å². The van der Waals surface area contributed by atoms with Gasteiger partial charge in [-0.2, -0.15) is 0 Å². The molecular formula is C12H15FN2O2. The molecule has 2 N–H and O–H groups in total. The van der Waals surface area contributed by atoms with Crippen molar-refractivity contribution < 1.29 is 14.0 Å². The molecule has 1 heterocycles. The van der Waals surface area contributed by atoms with Gasteiger partial charge in [-0.3, -0.25) is 9.63 Å². The highest BCUT2D eigenvalue weighted by Gasteiger charge is 2.26. The van der Waals surface area contributed by atoms with Crippen LogP contribution in [-0.4, -0.2) is 30.0 Å². The second kappa shape index (κ2) is 5.25. The molecule has 1 aliphatic heterocycles. The summed E-state index contributed by atoms with van der Waals surface area (Å²) in [6, 6.07) is 5.97. The van der Waals surface area contributed by atoms with Crippen molar-refractivity contribution in [1.29, 1.82) is 0 Å². The van der Waals surface area contributed by atoms with E-state index in [1.54, 1.807) is 17.0 Å². The quantitative estimate of drug-likeness (QED) is 0.795. The Labute approximate surface area is 99.1 Å². The fourth-order valence-corrected chi connectivity index (χ4v) is 1.95. The zero-order valence-electron chi connectivity index (χ0n) is 9.43. The zero-order valence-corrected chi connectivity index (χ0v) is 9.43. The summed E-state index contributed by atoms with van der Waals surface area (Å²) in [5.41, 5.74) is 0.813. The zero-order chi connectivity index (χ0) is 12.3. The summed E-state index contributed by atoms with van der Waals surface area (Å²) in [7, 11) is 0. The molecular weight excluding hydrogens is 223 g/mol. The minimum atomic E-state index is -0.293. The Morgan fingerprint density at radius 3 is 2.76 bits per heavy atom. The van der Waals surface area contributed by atoms with E-state index in [1.807, 2.05) is 0 Å². The highest BCUT2D eigenvalue weighted by atomic mass is 19.1. The molecule has 4 nitrogen and oxygen atoms in total. The molecule has 0 aromatic heterocycles. The van der Waals surface area contributed by atoms with Crippen LogP contribution in [0.1, 0.15) is 12.0 Å². The van der Waals surface area contributed by atoms with Gasteiger partial charge in [0.05, 0.1) is 12.5 Å². The Hall–Kier alpha value is -1.46. The summed E-state index contributed by atoms with van der Waals surface area (Å²) < 4.78 is 12.7. The first kappa shape index (κ1) is 12.0. The van der Waals surface area contributed by atoms with Crippen molar-refractivity contribution >= 4 is 5.91 Å². The highest BCUT2D eigenvalue weighted by Crippen LogP contribution is 2.13. The number of rotatable bonds is 3. The number of hydrogen-bond acceptors (Lipinski definition) is 3. The van der Waals surface area contributed by atoms with E-state index in [-0.39, 0.29) is 24.2 Å². The van der Waals surface area contributed by atoms with E-state index in [4.69, 9.17) is 10.7 Å². The van der Waals surface area contributed by atoms with Crippen molar-refractivity contribution in [3.05, 3.63) is 35.6 Å². The lowest BCUT2D eigenvalue weighted by Gasteiger charge is -2.15. The number of halogens is 1. The number of benzene rings is 1. The van der Waals surface area contributed by atoms with Gasteiger partial charge in [-0.15, -0.1) is 0 Å². The van der Waals surface area contributed by atoms with Crippen LogP contribution in [0.5, 0.6) is 0 Å². The molecule has 1 fully saturated rings. The van der Waals surface area contributed by atoms with Crippen molar-refractivity contribution in [1.82, 2.24) is 4.90 Å². The van der Waals surface area contributed by atoms with E-state index in [2.05, 4.69) is 0 Å². The molecule has 1 aromatic carbocycles. The first-order valence-corrected chi connectivity index (χ1v) is 5.57. The van der Waals surface area contributed by atoms with E-state index in [0.29, 0.717) is 13.1 Å². The molecule has 1 unspecified atom stereocenters. The summed E-state index contributed by atoms with van der Waals surface area (Å²) in [5, 5.41) is 0. The number of carbonyl (C=O) groups excluding carboxylic acids is 1. The van der Waals surface area contributed by atoms with E-state index >= 15 is 0 Å². The van der Waals surface area contributed by atoms with Crippen LogP contribution in [0.25, 0.3) is 0 Å². The van der Waals surface area contributed by atoms with Crippen LogP contribution < -0.4 is 5.90 Å². The Bertz CT molecular complexity index is 394. The molecule has 0 spiro atoms. The van der Waals surface area contributed by atoms with Crippen LogP contribution in [0.3, 0.4) is 0 Å². The minimum Gasteiger partial charge on any atom is -0.340 e. The first-order valence-electron chi connectivity index (χ1n) is 5.57. The lowest BCUT2D eigenvalue weighted by molar-refractivity contribution is -0.129.